The van der Waals surface area contributed by atoms with Crippen molar-refractivity contribution in [2.24, 2.45) is 5.41 Å². The van der Waals surface area contributed by atoms with Crippen LogP contribution < -0.4 is 0 Å². The SMILES string of the molecule is CC1(C)C(=O)ON(Cc2ccc(-c3ccccc3Cl)o2)C1=O. The van der Waals surface area contributed by atoms with Crippen LogP contribution in [0.1, 0.15) is 19.6 Å². The third-order valence-electron chi connectivity index (χ3n) is 3.57. The first-order valence-corrected chi connectivity index (χ1v) is 7.15. The van der Waals surface area contributed by atoms with E-state index in [4.69, 9.17) is 20.9 Å². The number of furan rings is 1. The van der Waals surface area contributed by atoms with Gasteiger partial charge in [0.15, 0.2) is 0 Å². The smallest absolute Gasteiger partial charge is 0.347 e. The van der Waals surface area contributed by atoms with Gasteiger partial charge in [-0.05, 0) is 38.1 Å². The number of carbonyl (C=O) groups is 2. The Labute approximate surface area is 132 Å². The van der Waals surface area contributed by atoms with Crippen LogP contribution in [0.15, 0.2) is 40.8 Å². The number of amides is 1. The van der Waals surface area contributed by atoms with E-state index < -0.39 is 11.4 Å². The monoisotopic (exact) mass is 319 g/mol. The van der Waals surface area contributed by atoms with Gasteiger partial charge >= 0.3 is 5.97 Å². The predicted octanol–water partition coefficient (Wildman–Crippen LogP) is 3.43. The summed E-state index contributed by atoms with van der Waals surface area (Å²) in [5.41, 5.74) is -0.390. The lowest BCUT2D eigenvalue weighted by Gasteiger charge is -2.12. The summed E-state index contributed by atoms with van der Waals surface area (Å²) in [5.74, 6) is 0.162. The standard InChI is InChI=1S/C16H14ClNO4/c1-16(2)14(19)18(22-15(16)20)9-10-7-8-13(21-10)11-5-3-4-6-12(11)17/h3-8H,9H2,1-2H3. The van der Waals surface area contributed by atoms with Gasteiger partial charge in [-0.3, -0.25) is 4.79 Å². The van der Waals surface area contributed by atoms with Gasteiger partial charge in [-0.2, -0.15) is 5.06 Å². The van der Waals surface area contributed by atoms with Crippen LogP contribution in [0.25, 0.3) is 11.3 Å². The fourth-order valence-corrected chi connectivity index (χ4v) is 2.40. The van der Waals surface area contributed by atoms with Crippen LogP contribution in [0, 0.1) is 5.41 Å². The van der Waals surface area contributed by atoms with E-state index in [1.165, 1.54) is 13.8 Å². The Morgan fingerprint density at radius 3 is 2.50 bits per heavy atom. The largest absolute Gasteiger partial charge is 0.459 e. The highest BCUT2D eigenvalue weighted by Gasteiger charge is 2.49. The van der Waals surface area contributed by atoms with Crippen LogP contribution in [-0.4, -0.2) is 16.9 Å². The van der Waals surface area contributed by atoms with E-state index in [0.717, 1.165) is 10.6 Å². The van der Waals surface area contributed by atoms with Crippen molar-refractivity contribution in [2.45, 2.75) is 20.4 Å². The summed E-state index contributed by atoms with van der Waals surface area (Å²) in [5, 5.41) is 1.60. The van der Waals surface area contributed by atoms with Crippen molar-refractivity contribution in [3.05, 3.63) is 47.2 Å². The highest BCUT2D eigenvalue weighted by Crippen LogP contribution is 2.32. The number of hydrogen-bond donors (Lipinski definition) is 0. The first-order chi connectivity index (χ1) is 10.4. The molecule has 22 heavy (non-hydrogen) atoms. The lowest BCUT2D eigenvalue weighted by atomic mass is 9.94. The molecule has 114 valence electrons. The molecule has 0 saturated carbocycles. The molecule has 0 N–H and O–H groups in total. The summed E-state index contributed by atoms with van der Waals surface area (Å²) in [6, 6.07) is 10.8. The Bertz CT molecular complexity index is 750. The van der Waals surface area contributed by atoms with Gasteiger partial charge in [0.1, 0.15) is 23.5 Å². The molecule has 2 aromatic rings. The average molecular weight is 320 g/mol. The lowest BCUT2D eigenvalue weighted by molar-refractivity contribution is -0.181. The summed E-state index contributed by atoms with van der Waals surface area (Å²) in [4.78, 5) is 28.7. The third kappa shape index (κ3) is 2.37. The van der Waals surface area contributed by atoms with Crippen LogP contribution in [0.3, 0.4) is 0 Å². The van der Waals surface area contributed by atoms with E-state index in [2.05, 4.69) is 0 Å². The van der Waals surface area contributed by atoms with Crippen molar-refractivity contribution < 1.29 is 18.8 Å². The number of halogens is 1. The zero-order valence-electron chi connectivity index (χ0n) is 12.1. The molecule has 0 spiro atoms. The normalized spacial score (nSPS) is 17.0. The molecule has 1 amide bonds. The Morgan fingerprint density at radius 2 is 1.86 bits per heavy atom. The molecule has 6 heteroatoms. The van der Waals surface area contributed by atoms with Crippen LogP contribution >= 0.6 is 11.6 Å². The van der Waals surface area contributed by atoms with Gasteiger partial charge in [0.2, 0.25) is 0 Å². The number of nitrogens with zero attached hydrogens (tertiary/aromatic N) is 1. The molecule has 1 saturated heterocycles. The first kappa shape index (κ1) is 14.7. The van der Waals surface area contributed by atoms with Crippen LogP contribution in [0.4, 0.5) is 0 Å². The molecule has 1 aliphatic heterocycles. The summed E-state index contributed by atoms with van der Waals surface area (Å²) >= 11 is 6.12. The van der Waals surface area contributed by atoms with E-state index in [1.807, 2.05) is 18.2 Å². The van der Waals surface area contributed by atoms with Crippen LogP contribution in [0.2, 0.25) is 5.02 Å². The molecule has 0 radical (unpaired) electrons. The van der Waals surface area contributed by atoms with Gasteiger partial charge in [0.05, 0.1) is 5.02 Å². The van der Waals surface area contributed by atoms with E-state index in [-0.39, 0.29) is 12.5 Å². The van der Waals surface area contributed by atoms with Gasteiger partial charge in [0, 0.05) is 5.56 Å². The van der Waals surface area contributed by atoms with Crippen LogP contribution in [0.5, 0.6) is 0 Å². The Kier molecular flexibility index (Phi) is 3.45. The number of benzene rings is 1. The molecule has 2 heterocycles. The van der Waals surface area contributed by atoms with E-state index in [1.54, 1.807) is 18.2 Å². The predicted molar refractivity (Wildman–Crippen MR) is 79.6 cm³/mol. The van der Waals surface area contributed by atoms with Crippen molar-refractivity contribution in [1.82, 2.24) is 5.06 Å². The van der Waals surface area contributed by atoms with Gasteiger partial charge < -0.3 is 9.25 Å². The van der Waals surface area contributed by atoms with Gasteiger partial charge in [-0.25, -0.2) is 4.79 Å². The van der Waals surface area contributed by atoms with E-state index in [0.29, 0.717) is 16.5 Å². The quantitative estimate of drug-likeness (QED) is 0.813. The minimum Gasteiger partial charge on any atom is -0.459 e. The highest BCUT2D eigenvalue weighted by atomic mass is 35.5. The second-order valence-electron chi connectivity index (χ2n) is 5.59. The lowest BCUT2D eigenvalue weighted by Crippen LogP contribution is -2.31. The number of hydroxylamine groups is 2. The fourth-order valence-electron chi connectivity index (χ4n) is 2.17. The number of hydrogen-bond acceptors (Lipinski definition) is 4. The molecule has 1 aliphatic rings. The van der Waals surface area contributed by atoms with Crippen molar-refractivity contribution in [2.75, 3.05) is 0 Å². The highest BCUT2D eigenvalue weighted by molar-refractivity contribution is 6.33. The summed E-state index contributed by atoms with van der Waals surface area (Å²) in [6.45, 7) is 3.14. The molecule has 1 aromatic heterocycles. The molecule has 3 rings (SSSR count). The van der Waals surface area contributed by atoms with Crippen molar-refractivity contribution in [1.29, 1.82) is 0 Å². The number of rotatable bonds is 3. The second kappa shape index (κ2) is 5.18. The topological polar surface area (TPSA) is 59.8 Å². The molecular weight excluding hydrogens is 306 g/mol. The molecule has 0 atom stereocenters. The summed E-state index contributed by atoms with van der Waals surface area (Å²) in [6.07, 6.45) is 0. The van der Waals surface area contributed by atoms with E-state index in [9.17, 15) is 9.59 Å². The molecule has 0 aliphatic carbocycles. The first-order valence-electron chi connectivity index (χ1n) is 6.77. The minimum absolute atomic E-state index is 0.0679. The summed E-state index contributed by atoms with van der Waals surface area (Å²) < 4.78 is 5.69. The van der Waals surface area contributed by atoms with Gasteiger partial charge in [-0.15, -0.1) is 0 Å². The number of carbonyl (C=O) groups excluding carboxylic acids is 2. The molecule has 5 nitrogen and oxygen atoms in total. The zero-order chi connectivity index (χ0) is 15.9. The maximum atomic E-state index is 12.1. The molecule has 0 unspecified atom stereocenters. The third-order valence-corrected chi connectivity index (χ3v) is 3.89. The zero-order valence-corrected chi connectivity index (χ0v) is 12.9. The molecule has 1 fully saturated rings. The Morgan fingerprint density at radius 1 is 1.14 bits per heavy atom. The van der Waals surface area contributed by atoms with Gasteiger partial charge in [-0.1, -0.05) is 23.7 Å². The van der Waals surface area contributed by atoms with Crippen LogP contribution in [-0.2, 0) is 21.0 Å². The average Bonchev–Trinajstić information content (AvgIpc) is 3.00. The minimum atomic E-state index is -1.15. The second-order valence-corrected chi connectivity index (χ2v) is 6.00. The maximum Gasteiger partial charge on any atom is 0.347 e. The summed E-state index contributed by atoms with van der Waals surface area (Å²) in [7, 11) is 0. The van der Waals surface area contributed by atoms with Gasteiger partial charge in [0.25, 0.3) is 5.91 Å². The van der Waals surface area contributed by atoms with Crippen molar-refractivity contribution >= 4 is 23.5 Å². The van der Waals surface area contributed by atoms with E-state index >= 15 is 0 Å². The fraction of sp³-hybridized carbons (Fsp3) is 0.250. The Hall–Kier alpha value is -2.27. The maximum absolute atomic E-state index is 12.1. The molecule has 1 aromatic carbocycles. The van der Waals surface area contributed by atoms with Crippen molar-refractivity contribution in [3.8, 4) is 11.3 Å². The molecule has 0 bridgehead atoms. The van der Waals surface area contributed by atoms with Crippen molar-refractivity contribution in [3.63, 3.8) is 0 Å². The molecular formula is C16H14ClNO4. The Balaban J connectivity index is 1.80.